The van der Waals surface area contributed by atoms with E-state index in [1.807, 2.05) is 6.07 Å². The first-order valence-corrected chi connectivity index (χ1v) is 7.43. The molecule has 1 fully saturated rings. The molecule has 0 bridgehead atoms. The van der Waals surface area contributed by atoms with Crippen molar-refractivity contribution < 1.29 is 0 Å². The molecule has 1 saturated heterocycles. The standard InChI is InChI=1S/C15H23ClN2/c1-2-8-17-12-13-11-14(16)6-7-15(13)18-9-4-3-5-10-18/h6-7,11,17H,2-5,8-10,12H2,1H3. The molecule has 0 unspecified atom stereocenters. The zero-order valence-electron chi connectivity index (χ0n) is 11.2. The predicted octanol–water partition coefficient (Wildman–Crippen LogP) is 3.83. The fourth-order valence-electron chi connectivity index (χ4n) is 2.54. The van der Waals surface area contributed by atoms with Crippen molar-refractivity contribution in [2.45, 2.75) is 39.2 Å². The van der Waals surface area contributed by atoms with Gasteiger partial charge in [0.2, 0.25) is 0 Å². The van der Waals surface area contributed by atoms with E-state index < -0.39 is 0 Å². The van der Waals surface area contributed by atoms with Gasteiger partial charge in [0.25, 0.3) is 0 Å². The van der Waals surface area contributed by atoms with E-state index in [-0.39, 0.29) is 0 Å². The number of anilines is 1. The van der Waals surface area contributed by atoms with E-state index in [0.717, 1.165) is 18.1 Å². The summed E-state index contributed by atoms with van der Waals surface area (Å²) in [6.45, 7) is 6.54. The molecule has 2 nitrogen and oxygen atoms in total. The van der Waals surface area contributed by atoms with Crippen LogP contribution in [0.4, 0.5) is 5.69 Å². The molecule has 1 aromatic carbocycles. The van der Waals surface area contributed by atoms with Crippen LogP contribution in [-0.4, -0.2) is 19.6 Å². The molecule has 100 valence electrons. The molecule has 0 aromatic heterocycles. The third-order valence-corrected chi connectivity index (χ3v) is 3.72. The second-order valence-electron chi connectivity index (χ2n) is 5.00. The lowest BCUT2D eigenvalue weighted by molar-refractivity contribution is 0.574. The molecule has 3 heteroatoms. The zero-order valence-corrected chi connectivity index (χ0v) is 12.0. The number of nitrogens with zero attached hydrogens (tertiary/aromatic N) is 1. The van der Waals surface area contributed by atoms with Gasteiger partial charge in [0.05, 0.1) is 0 Å². The maximum absolute atomic E-state index is 6.12. The van der Waals surface area contributed by atoms with Crippen LogP contribution < -0.4 is 10.2 Å². The highest BCUT2D eigenvalue weighted by Gasteiger charge is 2.14. The third-order valence-electron chi connectivity index (χ3n) is 3.48. The maximum Gasteiger partial charge on any atom is 0.0412 e. The highest BCUT2D eigenvalue weighted by molar-refractivity contribution is 6.30. The molecule has 18 heavy (non-hydrogen) atoms. The highest BCUT2D eigenvalue weighted by Crippen LogP contribution is 2.27. The van der Waals surface area contributed by atoms with E-state index in [2.05, 4.69) is 29.3 Å². The zero-order chi connectivity index (χ0) is 12.8. The number of benzene rings is 1. The Balaban J connectivity index is 2.11. The molecule has 0 radical (unpaired) electrons. The van der Waals surface area contributed by atoms with Gasteiger partial charge in [-0.2, -0.15) is 0 Å². The Morgan fingerprint density at radius 3 is 2.72 bits per heavy atom. The molecular formula is C15H23ClN2. The van der Waals surface area contributed by atoms with Gasteiger partial charge in [0, 0.05) is 30.3 Å². The lowest BCUT2D eigenvalue weighted by atomic mass is 10.1. The smallest absolute Gasteiger partial charge is 0.0412 e. The number of halogens is 1. The topological polar surface area (TPSA) is 15.3 Å². The Morgan fingerprint density at radius 1 is 1.22 bits per heavy atom. The van der Waals surface area contributed by atoms with Crippen molar-refractivity contribution in [3.63, 3.8) is 0 Å². The Bertz CT molecular complexity index is 373. The SMILES string of the molecule is CCCNCc1cc(Cl)ccc1N1CCCCC1. The molecule has 1 aliphatic rings. The van der Waals surface area contributed by atoms with Gasteiger partial charge in [-0.15, -0.1) is 0 Å². The molecule has 0 saturated carbocycles. The quantitative estimate of drug-likeness (QED) is 0.815. The van der Waals surface area contributed by atoms with Gasteiger partial charge in [-0.1, -0.05) is 18.5 Å². The fraction of sp³-hybridized carbons (Fsp3) is 0.600. The van der Waals surface area contributed by atoms with Crippen LogP contribution in [0.5, 0.6) is 0 Å². The molecule has 0 amide bonds. The molecule has 0 spiro atoms. The molecule has 1 N–H and O–H groups in total. The van der Waals surface area contributed by atoms with Gasteiger partial charge in [0.1, 0.15) is 0 Å². The van der Waals surface area contributed by atoms with E-state index in [9.17, 15) is 0 Å². The minimum Gasteiger partial charge on any atom is -0.371 e. The number of rotatable bonds is 5. The summed E-state index contributed by atoms with van der Waals surface area (Å²) in [7, 11) is 0. The van der Waals surface area contributed by atoms with E-state index in [1.165, 1.54) is 50.0 Å². The summed E-state index contributed by atoms with van der Waals surface area (Å²) >= 11 is 6.12. The van der Waals surface area contributed by atoms with Crippen molar-refractivity contribution in [1.29, 1.82) is 0 Å². The molecule has 0 aliphatic carbocycles. The monoisotopic (exact) mass is 266 g/mol. The van der Waals surface area contributed by atoms with E-state index in [4.69, 9.17) is 11.6 Å². The second-order valence-corrected chi connectivity index (χ2v) is 5.43. The first-order chi connectivity index (χ1) is 8.81. The fourth-order valence-corrected chi connectivity index (χ4v) is 2.73. The first kappa shape index (κ1) is 13.7. The summed E-state index contributed by atoms with van der Waals surface area (Å²) in [4.78, 5) is 2.50. The highest BCUT2D eigenvalue weighted by atomic mass is 35.5. The van der Waals surface area contributed by atoms with Crippen molar-refractivity contribution >= 4 is 17.3 Å². The number of hydrogen-bond donors (Lipinski definition) is 1. The molecule has 1 aliphatic heterocycles. The van der Waals surface area contributed by atoms with Crippen LogP contribution in [0, 0.1) is 0 Å². The number of hydrogen-bond acceptors (Lipinski definition) is 2. The lowest BCUT2D eigenvalue weighted by Crippen LogP contribution is -2.30. The van der Waals surface area contributed by atoms with Crippen LogP contribution >= 0.6 is 11.6 Å². The summed E-state index contributed by atoms with van der Waals surface area (Å²) in [5.74, 6) is 0. The Labute approximate surface area is 115 Å². The summed E-state index contributed by atoms with van der Waals surface area (Å²) in [5.41, 5.74) is 2.69. The van der Waals surface area contributed by atoms with Crippen molar-refractivity contribution in [2.24, 2.45) is 0 Å². The number of piperidine rings is 1. The Kier molecular flexibility index (Phi) is 5.33. The van der Waals surface area contributed by atoms with Crippen LogP contribution in [0.1, 0.15) is 38.2 Å². The van der Waals surface area contributed by atoms with Gasteiger partial charge in [-0.25, -0.2) is 0 Å². The molecule has 1 aromatic rings. The number of nitrogens with one attached hydrogen (secondary N) is 1. The minimum atomic E-state index is 0.837. The average molecular weight is 267 g/mol. The van der Waals surface area contributed by atoms with Gasteiger partial charge >= 0.3 is 0 Å². The van der Waals surface area contributed by atoms with Crippen molar-refractivity contribution in [2.75, 3.05) is 24.5 Å². The lowest BCUT2D eigenvalue weighted by Gasteiger charge is -2.30. The molecular weight excluding hydrogens is 244 g/mol. The molecule has 2 rings (SSSR count). The second kappa shape index (κ2) is 7.01. The van der Waals surface area contributed by atoms with Crippen molar-refractivity contribution in [1.82, 2.24) is 5.32 Å². The van der Waals surface area contributed by atoms with Crippen LogP contribution in [0.2, 0.25) is 5.02 Å². The molecule has 0 atom stereocenters. The van der Waals surface area contributed by atoms with E-state index in [0.29, 0.717) is 0 Å². The largest absolute Gasteiger partial charge is 0.371 e. The Hall–Kier alpha value is -0.730. The van der Waals surface area contributed by atoms with Gasteiger partial charge < -0.3 is 10.2 Å². The maximum atomic E-state index is 6.12. The summed E-state index contributed by atoms with van der Waals surface area (Å²) < 4.78 is 0. The van der Waals surface area contributed by atoms with Crippen LogP contribution in [0.3, 0.4) is 0 Å². The van der Waals surface area contributed by atoms with Crippen LogP contribution in [0.25, 0.3) is 0 Å². The molecule has 1 heterocycles. The summed E-state index contributed by atoms with van der Waals surface area (Å²) in [6, 6.07) is 6.29. The van der Waals surface area contributed by atoms with Gasteiger partial charge in [-0.3, -0.25) is 0 Å². The Morgan fingerprint density at radius 2 is 2.00 bits per heavy atom. The van der Waals surface area contributed by atoms with Crippen LogP contribution in [0.15, 0.2) is 18.2 Å². The summed E-state index contributed by atoms with van der Waals surface area (Å²) in [6.07, 6.45) is 5.15. The van der Waals surface area contributed by atoms with Crippen molar-refractivity contribution in [3.05, 3.63) is 28.8 Å². The third kappa shape index (κ3) is 3.63. The van der Waals surface area contributed by atoms with Crippen LogP contribution in [-0.2, 0) is 6.54 Å². The van der Waals surface area contributed by atoms with E-state index in [1.54, 1.807) is 0 Å². The van der Waals surface area contributed by atoms with Gasteiger partial charge in [0.15, 0.2) is 0 Å². The normalized spacial score (nSPS) is 16.0. The summed E-state index contributed by atoms with van der Waals surface area (Å²) in [5, 5.41) is 4.31. The predicted molar refractivity (Wildman–Crippen MR) is 79.5 cm³/mol. The minimum absolute atomic E-state index is 0.837. The van der Waals surface area contributed by atoms with E-state index >= 15 is 0 Å². The van der Waals surface area contributed by atoms with Crippen molar-refractivity contribution in [3.8, 4) is 0 Å². The van der Waals surface area contributed by atoms with Gasteiger partial charge in [-0.05, 0) is 56.0 Å². The first-order valence-electron chi connectivity index (χ1n) is 7.05. The average Bonchev–Trinajstić information content (AvgIpc) is 2.40.